The normalized spacial score (nSPS) is 12.2. The monoisotopic (exact) mass is 264 g/mol. The van der Waals surface area contributed by atoms with Crippen molar-refractivity contribution < 1.29 is 5.11 Å². The highest BCUT2D eigenvalue weighted by molar-refractivity contribution is 5.98. The molecule has 1 heteroatoms. The van der Waals surface area contributed by atoms with E-state index in [0.717, 1.165) is 11.8 Å². The fourth-order valence-electron chi connectivity index (χ4n) is 2.61. The van der Waals surface area contributed by atoms with E-state index in [4.69, 9.17) is 0 Å². The Balaban J connectivity index is 2.24. The van der Waals surface area contributed by atoms with E-state index in [0.29, 0.717) is 5.75 Å². The van der Waals surface area contributed by atoms with Crippen molar-refractivity contribution in [1.82, 2.24) is 0 Å². The fraction of sp³-hybridized carbons (Fsp3) is 0.263. The molecule has 102 valence electrons. The molecule has 0 aromatic heterocycles. The van der Waals surface area contributed by atoms with Crippen LogP contribution in [0.15, 0.2) is 48.5 Å². The highest BCUT2D eigenvalue weighted by atomic mass is 16.3. The Morgan fingerprint density at radius 1 is 0.800 bits per heavy atom. The Labute approximate surface area is 119 Å². The van der Waals surface area contributed by atoms with Crippen LogP contribution < -0.4 is 0 Å². The second-order valence-corrected chi connectivity index (χ2v) is 6.18. The van der Waals surface area contributed by atoms with Crippen molar-refractivity contribution in [2.45, 2.75) is 32.6 Å². The van der Waals surface area contributed by atoms with E-state index in [2.05, 4.69) is 51.1 Å². The molecule has 0 saturated heterocycles. The van der Waals surface area contributed by atoms with Gasteiger partial charge >= 0.3 is 0 Å². The molecule has 0 amide bonds. The maximum atomic E-state index is 9.59. The van der Waals surface area contributed by atoms with Gasteiger partial charge in [-0.2, -0.15) is 0 Å². The molecule has 0 spiro atoms. The van der Waals surface area contributed by atoms with E-state index in [9.17, 15) is 5.11 Å². The second-order valence-electron chi connectivity index (χ2n) is 6.18. The molecule has 0 aliphatic carbocycles. The average Bonchev–Trinajstić information content (AvgIpc) is 2.44. The van der Waals surface area contributed by atoms with Crippen LogP contribution >= 0.6 is 0 Å². The van der Waals surface area contributed by atoms with Crippen LogP contribution in [0.5, 0.6) is 5.75 Å². The lowest BCUT2D eigenvalue weighted by Crippen LogP contribution is -2.15. The molecule has 0 aliphatic rings. The number of aromatic hydroxyl groups is 1. The van der Waals surface area contributed by atoms with Crippen molar-refractivity contribution in [3.63, 3.8) is 0 Å². The number of hydrogen-bond acceptors (Lipinski definition) is 1. The summed E-state index contributed by atoms with van der Waals surface area (Å²) in [7, 11) is 0. The molecular weight excluding hydrogens is 244 g/mol. The predicted octanol–water partition coefficient (Wildman–Crippen LogP) is 5.39. The first-order valence-electron chi connectivity index (χ1n) is 7.17. The van der Waals surface area contributed by atoms with E-state index in [1.54, 1.807) is 6.07 Å². The summed E-state index contributed by atoms with van der Waals surface area (Å²) in [5, 5.41) is 14.3. The van der Waals surface area contributed by atoms with Crippen molar-refractivity contribution in [3.05, 3.63) is 54.1 Å². The number of rotatable bonds is 2. The van der Waals surface area contributed by atoms with Crippen LogP contribution in [0.4, 0.5) is 0 Å². The summed E-state index contributed by atoms with van der Waals surface area (Å²) in [4.78, 5) is 0. The molecule has 0 saturated carbocycles. The lowest BCUT2D eigenvalue weighted by molar-refractivity contribution is 0.476. The molecule has 3 aromatic rings. The summed E-state index contributed by atoms with van der Waals surface area (Å²) in [5.74, 6) is 0.320. The standard InChI is InChI=1S/C19H20O/c1-4-19(2,3)17-7-5-13-10-16-12-18(20)8-6-14(16)9-15(13)11-17/h5-12,20H,4H2,1-3H3. The van der Waals surface area contributed by atoms with Crippen molar-refractivity contribution in [3.8, 4) is 5.75 Å². The highest BCUT2D eigenvalue weighted by Gasteiger charge is 2.18. The molecule has 0 aliphatic heterocycles. The molecule has 0 bridgehead atoms. The molecule has 0 heterocycles. The zero-order valence-electron chi connectivity index (χ0n) is 12.3. The van der Waals surface area contributed by atoms with E-state index in [1.165, 1.54) is 21.7 Å². The first-order chi connectivity index (χ1) is 9.49. The van der Waals surface area contributed by atoms with Crippen molar-refractivity contribution in [2.75, 3.05) is 0 Å². The summed E-state index contributed by atoms with van der Waals surface area (Å²) < 4.78 is 0. The van der Waals surface area contributed by atoms with Crippen molar-refractivity contribution >= 4 is 21.5 Å². The molecule has 0 atom stereocenters. The van der Waals surface area contributed by atoms with Gasteiger partial charge in [0, 0.05) is 0 Å². The van der Waals surface area contributed by atoms with Crippen LogP contribution in [0.25, 0.3) is 21.5 Å². The summed E-state index contributed by atoms with van der Waals surface area (Å²) in [6.45, 7) is 6.80. The van der Waals surface area contributed by atoms with Gasteiger partial charge in [-0.25, -0.2) is 0 Å². The Kier molecular flexibility index (Phi) is 2.93. The van der Waals surface area contributed by atoms with Crippen LogP contribution in [-0.2, 0) is 5.41 Å². The Hall–Kier alpha value is -2.02. The summed E-state index contributed by atoms with van der Waals surface area (Å²) in [6.07, 6.45) is 1.12. The maximum Gasteiger partial charge on any atom is 0.116 e. The van der Waals surface area contributed by atoms with Crippen LogP contribution in [0.1, 0.15) is 32.8 Å². The van der Waals surface area contributed by atoms with Crippen LogP contribution in [0, 0.1) is 0 Å². The third-order valence-corrected chi connectivity index (χ3v) is 4.44. The zero-order chi connectivity index (χ0) is 14.3. The lowest BCUT2D eigenvalue weighted by atomic mass is 9.81. The number of benzene rings is 3. The van der Waals surface area contributed by atoms with Gasteiger partial charge in [0.15, 0.2) is 0 Å². The van der Waals surface area contributed by atoms with Gasteiger partial charge in [0.25, 0.3) is 0 Å². The topological polar surface area (TPSA) is 20.2 Å². The zero-order valence-corrected chi connectivity index (χ0v) is 12.3. The van der Waals surface area contributed by atoms with Gasteiger partial charge in [0.05, 0.1) is 0 Å². The van der Waals surface area contributed by atoms with Gasteiger partial charge in [-0.1, -0.05) is 45.0 Å². The SMILES string of the molecule is CCC(C)(C)c1ccc2cc3cc(O)ccc3cc2c1. The maximum absolute atomic E-state index is 9.59. The Morgan fingerprint density at radius 2 is 1.40 bits per heavy atom. The number of hydrogen-bond donors (Lipinski definition) is 1. The number of fused-ring (bicyclic) bond motifs is 2. The smallest absolute Gasteiger partial charge is 0.116 e. The third-order valence-electron chi connectivity index (χ3n) is 4.44. The number of phenols is 1. The molecule has 20 heavy (non-hydrogen) atoms. The highest BCUT2D eigenvalue weighted by Crippen LogP contribution is 2.31. The minimum absolute atomic E-state index is 0.206. The van der Waals surface area contributed by atoms with E-state index in [1.807, 2.05) is 12.1 Å². The third kappa shape index (κ3) is 2.14. The van der Waals surface area contributed by atoms with E-state index in [-0.39, 0.29) is 5.41 Å². The molecule has 3 rings (SSSR count). The minimum Gasteiger partial charge on any atom is -0.508 e. The van der Waals surface area contributed by atoms with Gasteiger partial charge in [0.2, 0.25) is 0 Å². The van der Waals surface area contributed by atoms with Crippen molar-refractivity contribution in [2.24, 2.45) is 0 Å². The Morgan fingerprint density at radius 3 is 2.05 bits per heavy atom. The molecule has 1 nitrogen and oxygen atoms in total. The van der Waals surface area contributed by atoms with Gasteiger partial charge in [-0.15, -0.1) is 0 Å². The van der Waals surface area contributed by atoms with Gasteiger partial charge in [-0.05, 0) is 63.2 Å². The quantitative estimate of drug-likeness (QED) is 0.615. The summed E-state index contributed by atoms with van der Waals surface area (Å²) in [6, 6.07) is 16.6. The molecule has 0 unspecified atom stereocenters. The second kappa shape index (κ2) is 4.52. The lowest BCUT2D eigenvalue weighted by Gasteiger charge is -2.23. The van der Waals surface area contributed by atoms with Gasteiger partial charge in [-0.3, -0.25) is 0 Å². The fourth-order valence-corrected chi connectivity index (χ4v) is 2.61. The largest absolute Gasteiger partial charge is 0.508 e. The Bertz CT molecular complexity index is 784. The molecule has 1 N–H and O–H groups in total. The first-order valence-corrected chi connectivity index (χ1v) is 7.17. The van der Waals surface area contributed by atoms with Gasteiger partial charge < -0.3 is 5.11 Å². The average molecular weight is 264 g/mol. The van der Waals surface area contributed by atoms with E-state index >= 15 is 0 Å². The van der Waals surface area contributed by atoms with Crippen LogP contribution in [0.3, 0.4) is 0 Å². The van der Waals surface area contributed by atoms with Gasteiger partial charge in [0.1, 0.15) is 5.75 Å². The number of phenolic OH excluding ortho intramolecular Hbond substituents is 1. The molecule has 0 fully saturated rings. The summed E-state index contributed by atoms with van der Waals surface area (Å²) >= 11 is 0. The molecule has 3 aromatic carbocycles. The first kappa shape index (κ1) is 13.0. The van der Waals surface area contributed by atoms with Crippen molar-refractivity contribution in [1.29, 1.82) is 0 Å². The predicted molar refractivity (Wildman–Crippen MR) is 86.4 cm³/mol. The molecule has 0 radical (unpaired) electrons. The minimum atomic E-state index is 0.206. The summed E-state index contributed by atoms with van der Waals surface area (Å²) in [5.41, 5.74) is 1.59. The molecular formula is C19H20O. The van der Waals surface area contributed by atoms with Crippen LogP contribution in [-0.4, -0.2) is 5.11 Å². The van der Waals surface area contributed by atoms with E-state index < -0.39 is 0 Å². The van der Waals surface area contributed by atoms with Crippen LogP contribution in [0.2, 0.25) is 0 Å².